The van der Waals surface area contributed by atoms with Gasteiger partial charge in [-0.3, -0.25) is 0 Å². The van der Waals surface area contributed by atoms with Gasteiger partial charge < -0.3 is 10.2 Å². The average Bonchev–Trinajstić information content (AvgIpc) is 2.68. The molecule has 0 amide bonds. The molecule has 2 heterocycles. The zero-order valence-corrected chi connectivity index (χ0v) is 7.82. The third kappa shape index (κ3) is 1.97. The van der Waals surface area contributed by atoms with E-state index in [4.69, 9.17) is 10.2 Å². The first kappa shape index (κ1) is 10.5. The van der Waals surface area contributed by atoms with E-state index in [1.165, 1.54) is 18.4 Å². The highest BCUT2D eigenvalue weighted by molar-refractivity contribution is 5.55. The lowest BCUT2D eigenvalue weighted by atomic mass is 10.3. The maximum Gasteiger partial charge on any atom is 0.451 e. The summed E-state index contributed by atoms with van der Waals surface area (Å²) < 4.78 is 42.1. The third-order valence-corrected chi connectivity index (χ3v) is 1.77. The highest BCUT2D eigenvalue weighted by Gasteiger charge is 2.35. The number of anilines is 1. The summed E-state index contributed by atoms with van der Waals surface area (Å²) in [6.07, 6.45) is -3.29. The van der Waals surface area contributed by atoms with E-state index in [0.29, 0.717) is 0 Å². The number of nitrogen functional groups attached to an aromatic ring is 1. The van der Waals surface area contributed by atoms with Crippen molar-refractivity contribution < 1.29 is 17.6 Å². The summed E-state index contributed by atoms with van der Waals surface area (Å²) in [5.41, 5.74) is 5.27. The van der Waals surface area contributed by atoms with E-state index in [9.17, 15) is 13.2 Å². The lowest BCUT2D eigenvalue weighted by molar-refractivity contribution is -0.144. The monoisotopic (exact) mass is 229 g/mol. The van der Waals surface area contributed by atoms with Crippen molar-refractivity contribution in [1.29, 1.82) is 0 Å². The van der Waals surface area contributed by atoms with Gasteiger partial charge in [0, 0.05) is 6.07 Å². The predicted molar refractivity (Wildman–Crippen MR) is 49.1 cm³/mol. The number of halogens is 3. The molecule has 0 bridgehead atoms. The Morgan fingerprint density at radius 2 is 2.00 bits per heavy atom. The quantitative estimate of drug-likeness (QED) is 0.815. The number of hydrogen-bond acceptors (Lipinski definition) is 4. The van der Waals surface area contributed by atoms with Crippen molar-refractivity contribution in [2.45, 2.75) is 6.18 Å². The molecule has 7 heteroatoms. The average molecular weight is 229 g/mol. The van der Waals surface area contributed by atoms with Crippen molar-refractivity contribution >= 4 is 5.82 Å². The van der Waals surface area contributed by atoms with E-state index < -0.39 is 12.0 Å². The van der Waals surface area contributed by atoms with E-state index in [0.717, 1.165) is 0 Å². The van der Waals surface area contributed by atoms with Crippen LogP contribution in [0, 0.1) is 0 Å². The molecule has 0 atom stereocenters. The van der Waals surface area contributed by atoms with Crippen LogP contribution in [0.25, 0.3) is 11.5 Å². The molecule has 0 aliphatic heterocycles. The van der Waals surface area contributed by atoms with E-state index >= 15 is 0 Å². The molecule has 4 nitrogen and oxygen atoms in total. The van der Waals surface area contributed by atoms with Crippen molar-refractivity contribution in [3.05, 3.63) is 30.3 Å². The zero-order chi connectivity index (χ0) is 11.8. The van der Waals surface area contributed by atoms with Crippen molar-refractivity contribution in [2.75, 3.05) is 5.73 Å². The fourth-order valence-electron chi connectivity index (χ4n) is 1.14. The van der Waals surface area contributed by atoms with Gasteiger partial charge in [0.25, 0.3) is 0 Å². The summed E-state index contributed by atoms with van der Waals surface area (Å²) in [7, 11) is 0. The number of aromatic nitrogens is 2. The van der Waals surface area contributed by atoms with Crippen LogP contribution in [0.4, 0.5) is 19.0 Å². The largest absolute Gasteiger partial charge is 0.463 e. The normalized spacial score (nSPS) is 11.7. The van der Waals surface area contributed by atoms with Gasteiger partial charge in [-0.05, 0) is 12.1 Å². The number of nitrogens with two attached hydrogens (primary N) is 1. The number of hydrogen-bond donors (Lipinski definition) is 1. The molecule has 0 aliphatic rings. The van der Waals surface area contributed by atoms with E-state index in [1.54, 1.807) is 6.07 Å². The standard InChI is InChI=1S/C9H6F3N3O/c10-9(11,12)8-14-5(4-7(13)15-8)6-2-1-3-16-6/h1-4H,(H2,13,14,15). The van der Waals surface area contributed by atoms with Crippen LogP contribution < -0.4 is 5.73 Å². The molecule has 84 valence electrons. The summed E-state index contributed by atoms with van der Waals surface area (Å²) >= 11 is 0. The van der Waals surface area contributed by atoms with Gasteiger partial charge in [-0.25, -0.2) is 9.97 Å². The van der Waals surface area contributed by atoms with Crippen LogP contribution in [0.5, 0.6) is 0 Å². The Bertz CT molecular complexity index is 493. The Morgan fingerprint density at radius 3 is 2.56 bits per heavy atom. The van der Waals surface area contributed by atoms with Crippen LogP contribution in [-0.2, 0) is 6.18 Å². The molecule has 0 saturated heterocycles. The Morgan fingerprint density at radius 1 is 1.25 bits per heavy atom. The van der Waals surface area contributed by atoms with Gasteiger partial charge in [-0.1, -0.05) is 0 Å². The maximum atomic E-state index is 12.4. The van der Waals surface area contributed by atoms with Gasteiger partial charge in [0.2, 0.25) is 5.82 Å². The minimum Gasteiger partial charge on any atom is -0.463 e. The number of alkyl halides is 3. The minimum absolute atomic E-state index is 0.00447. The van der Waals surface area contributed by atoms with Crippen molar-refractivity contribution in [2.24, 2.45) is 0 Å². The molecule has 0 aliphatic carbocycles. The Balaban J connectivity index is 2.53. The molecule has 0 unspecified atom stereocenters. The topological polar surface area (TPSA) is 64.9 Å². The highest BCUT2D eigenvalue weighted by atomic mass is 19.4. The molecule has 16 heavy (non-hydrogen) atoms. The van der Waals surface area contributed by atoms with Gasteiger partial charge in [-0.15, -0.1) is 0 Å². The SMILES string of the molecule is Nc1cc(-c2ccco2)nc(C(F)(F)F)n1. The number of nitrogens with zero attached hydrogens (tertiary/aromatic N) is 2. The Labute approximate surface area is 87.9 Å². The summed E-state index contributed by atoms with van der Waals surface area (Å²) in [5, 5.41) is 0. The molecule has 2 aromatic rings. The molecule has 0 radical (unpaired) electrons. The van der Waals surface area contributed by atoms with Gasteiger partial charge >= 0.3 is 6.18 Å². The van der Waals surface area contributed by atoms with Gasteiger partial charge in [0.15, 0.2) is 5.76 Å². The Hall–Kier alpha value is -2.05. The second kappa shape index (κ2) is 3.51. The van der Waals surface area contributed by atoms with Crippen LogP contribution in [0.1, 0.15) is 5.82 Å². The second-order valence-electron chi connectivity index (χ2n) is 2.98. The molecule has 2 N–H and O–H groups in total. The van der Waals surface area contributed by atoms with Crippen molar-refractivity contribution in [3.8, 4) is 11.5 Å². The molecule has 0 fully saturated rings. The smallest absolute Gasteiger partial charge is 0.451 e. The Kier molecular flexibility index (Phi) is 2.30. The summed E-state index contributed by atoms with van der Waals surface area (Å²) in [6.45, 7) is 0. The van der Waals surface area contributed by atoms with Crippen LogP contribution in [0.3, 0.4) is 0 Å². The molecule has 0 saturated carbocycles. The highest BCUT2D eigenvalue weighted by Crippen LogP contribution is 2.29. The molecule has 2 rings (SSSR count). The minimum atomic E-state index is -4.63. The van der Waals surface area contributed by atoms with Crippen LogP contribution in [0.2, 0.25) is 0 Å². The molecule has 2 aromatic heterocycles. The summed E-state index contributed by atoms with van der Waals surface area (Å²) in [6, 6.07) is 4.25. The van der Waals surface area contributed by atoms with Gasteiger partial charge in [-0.2, -0.15) is 13.2 Å². The van der Waals surface area contributed by atoms with Gasteiger partial charge in [0.05, 0.1) is 6.26 Å². The number of furan rings is 1. The van der Waals surface area contributed by atoms with Crippen LogP contribution >= 0.6 is 0 Å². The fraction of sp³-hybridized carbons (Fsp3) is 0.111. The molecular weight excluding hydrogens is 223 g/mol. The lowest BCUT2D eigenvalue weighted by Crippen LogP contribution is -2.12. The molecular formula is C9H6F3N3O. The van der Waals surface area contributed by atoms with E-state index in [1.807, 2.05) is 0 Å². The second-order valence-corrected chi connectivity index (χ2v) is 2.98. The summed E-state index contributed by atoms with van der Waals surface area (Å²) in [5.74, 6) is -1.33. The number of rotatable bonds is 1. The first-order valence-electron chi connectivity index (χ1n) is 4.22. The summed E-state index contributed by atoms with van der Waals surface area (Å²) in [4.78, 5) is 6.45. The maximum absolute atomic E-state index is 12.4. The van der Waals surface area contributed by atoms with Gasteiger partial charge in [0.1, 0.15) is 11.5 Å². The molecule has 0 aromatic carbocycles. The zero-order valence-electron chi connectivity index (χ0n) is 7.82. The first-order chi connectivity index (χ1) is 7.47. The van der Waals surface area contributed by atoms with Crippen LogP contribution in [-0.4, -0.2) is 9.97 Å². The van der Waals surface area contributed by atoms with Crippen LogP contribution in [0.15, 0.2) is 28.9 Å². The van der Waals surface area contributed by atoms with Crippen molar-refractivity contribution in [1.82, 2.24) is 9.97 Å². The van der Waals surface area contributed by atoms with E-state index in [-0.39, 0.29) is 17.3 Å². The van der Waals surface area contributed by atoms with E-state index in [2.05, 4.69) is 9.97 Å². The fourth-order valence-corrected chi connectivity index (χ4v) is 1.14. The lowest BCUT2D eigenvalue weighted by Gasteiger charge is -2.06. The molecule has 0 spiro atoms. The predicted octanol–water partition coefficient (Wildman–Crippen LogP) is 2.34. The van der Waals surface area contributed by atoms with Crippen molar-refractivity contribution in [3.63, 3.8) is 0 Å². The third-order valence-electron chi connectivity index (χ3n) is 1.77. The first-order valence-corrected chi connectivity index (χ1v) is 4.22.